The van der Waals surface area contributed by atoms with Crippen LogP contribution in [0.15, 0.2) is 121 Å². The number of benzene rings is 4. The highest BCUT2D eigenvalue weighted by molar-refractivity contribution is 6.76. The average molecular weight is 1230 g/mol. The van der Waals surface area contributed by atoms with Gasteiger partial charge >= 0.3 is 11.9 Å². The van der Waals surface area contributed by atoms with Crippen molar-refractivity contribution in [3.8, 4) is 0 Å². The number of allylic oxidation sites excluding steroid dienone is 4. The van der Waals surface area contributed by atoms with E-state index in [-0.39, 0.29) is 29.1 Å². The summed E-state index contributed by atoms with van der Waals surface area (Å²) in [5.74, 6) is -3.39. The Hall–Kier alpha value is -5.11. The first-order chi connectivity index (χ1) is 38.8. The predicted octanol–water partition coefficient (Wildman–Crippen LogP) is 17.1. The lowest BCUT2D eigenvalue weighted by Crippen LogP contribution is -2.29. The Bertz CT molecular complexity index is 2560. The first-order valence-corrected chi connectivity index (χ1v) is 37.6. The number of aliphatic hydroxyl groups is 2. The van der Waals surface area contributed by atoms with Crippen LogP contribution in [0, 0.1) is 27.7 Å². The largest absolute Gasteiger partial charge is 0.478 e. The lowest BCUT2D eigenvalue weighted by Gasteiger charge is -2.25. The van der Waals surface area contributed by atoms with E-state index in [1.165, 1.54) is 28.3 Å². The van der Waals surface area contributed by atoms with Gasteiger partial charge < -0.3 is 45.2 Å². The summed E-state index contributed by atoms with van der Waals surface area (Å²) in [4.78, 5) is 33.5. The Morgan fingerprint density at radius 2 is 1.00 bits per heavy atom. The van der Waals surface area contributed by atoms with Gasteiger partial charge in [-0.2, -0.15) is 0 Å². The van der Waals surface area contributed by atoms with E-state index in [1.54, 1.807) is 82.3 Å². The molecule has 0 radical (unpaired) electrons. The Morgan fingerprint density at radius 1 is 0.576 bits per heavy atom. The number of unbranched alkanes of at least 4 members (excludes halogenated alkanes) is 2. The molecule has 0 saturated carbocycles. The Kier molecular flexibility index (Phi) is 41.9. The number of hydrogen-bond acceptors (Lipinski definition) is 9. The molecule has 4 aromatic rings. The van der Waals surface area contributed by atoms with Crippen molar-refractivity contribution in [1.82, 2.24) is 0 Å². The van der Waals surface area contributed by atoms with Crippen LogP contribution in [0.25, 0.3) is 12.2 Å². The smallest absolute Gasteiger partial charge is 0.338 e. The van der Waals surface area contributed by atoms with Gasteiger partial charge in [0, 0.05) is 28.3 Å². The highest BCUT2D eigenvalue weighted by atomic mass is 35.5. The van der Waals surface area contributed by atoms with Gasteiger partial charge in [-0.05, 0) is 170 Å². The minimum atomic E-state index is -1.26. The number of halogens is 1. The zero-order valence-corrected chi connectivity index (χ0v) is 57.3. The fourth-order valence-corrected chi connectivity index (χ4v) is 9.92. The number of aryl methyl sites for hydroxylation is 4. The number of esters is 1. The molecule has 2 atom stereocenters. The molecule has 0 heterocycles. The molecule has 0 bridgehead atoms. The number of carbonyl (C=O) groups is 3. The van der Waals surface area contributed by atoms with Crippen molar-refractivity contribution in [3.63, 3.8) is 0 Å². The second-order valence-corrected chi connectivity index (χ2v) is 36.2. The van der Waals surface area contributed by atoms with Gasteiger partial charge in [-0.3, -0.25) is 4.79 Å². The van der Waals surface area contributed by atoms with Crippen molar-refractivity contribution in [2.45, 2.75) is 215 Å². The van der Waals surface area contributed by atoms with E-state index in [9.17, 15) is 24.6 Å². The second-order valence-electron chi connectivity index (χ2n) is 24.6. The fourth-order valence-electron chi connectivity index (χ4n) is 8.33. The molecule has 0 aromatic heterocycles. The standard InChI is InChI=1S/C28H46O4Si.C28H48O3Si.C7H5ClO.C7H6O2.2H2O/c1-9-10-11-12-16-25(32-28(4,5)30)17-14-13-15-24-21-22(2)20-23(3)26(24)27(29)31-18-19-33(6,7)8;1-9-10-11-12-16-26(31-28(4,5)29)17-14-13-15-25-21-23(2)20-24(3)27(25)22-30-18-19-32(6,7)8;2*8-7(9)6-4-2-1-3-5-6;;/h11-13,15,20-21,25,30H,9-10,14,16-19H2,1-8H3;11-13,15,20-21,26,29H,9-10,14,16-19,22H2,1-8H3;1-5H;1-5H,(H,8,9);2*1H2/b2*12-11-,15-13+;;;;/t25-;26-;;;;/m11..../s1. The molecule has 15 heteroatoms. The van der Waals surface area contributed by atoms with Crippen molar-refractivity contribution >= 4 is 57.1 Å². The minimum absolute atomic E-state index is 0. The summed E-state index contributed by atoms with van der Waals surface area (Å²) >= 11 is 5.16. The third-order valence-electron chi connectivity index (χ3n) is 12.6. The number of carboxylic acid groups (broad SMARTS) is 1. The monoisotopic (exact) mass is 1230 g/mol. The van der Waals surface area contributed by atoms with E-state index in [1.807, 2.05) is 38.1 Å². The van der Waals surface area contributed by atoms with Gasteiger partial charge in [0.15, 0.2) is 11.6 Å². The van der Waals surface area contributed by atoms with Crippen molar-refractivity contribution in [2.24, 2.45) is 0 Å². The molecule has 7 N–H and O–H groups in total. The van der Waals surface area contributed by atoms with Crippen LogP contribution in [0.2, 0.25) is 51.4 Å². The van der Waals surface area contributed by atoms with Crippen molar-refractivity contribution in [3.05, 3.63) is 177 Å². The van der Waals surface area contributed by atoms with Crippen LogP contribution >= 0.6 is 11.6 Å². The molecule has 0 amide bonds. The summed E-state index contributed by atoms with van der Waals surface area (Å²) in [6, 6.07) is 27.7. The molecule has 0 fully saturated rings. The minimum Gasteiger partial charge on any atom is -0.478 e. The summed E-state index contributed by atoms with van der Waals surface area (Å²) in [5, 5.41) is 28.2. The SMILES string of the molecule is CCC/C=C\C[C@H](CC/C=C/c1cc(C)cc(C)c1C(=O)OCC[Si](C)(C)C)OC(C)(C)O.CCC/C=C\C[C@H](CC/C=C/c1cc(C)cc(C)c1COCC[Si](C)(C)C)OC(C)(C)O.O.O.O=C(Cl)c1ccccc1.O=C(O)c1ccccc1. The molecule has 0 spiro atoms. The number of carbonyl (C=O) groups excluding carboxylic acids is 2. The van der Waals surface area contributed by atoms with Crippen LogP contribution in [0.4, 0.5) is 0 Å². The van der Waals surface area contributed by atoms with E-state index in [2.05, 4.69) is 122 Å². The van der Waals surface area contributed by atoms with Gasteiger partial charge in [-0.1, -0.05) is 199 Å². The van der Waals surface area contributed by atoms with Crippen LogP contribution in [0.3, 0.4) is 0 Å². The summed E-state index contributed by atoms with van der Waals surface area (Å²) in [6.45, 7) is 35.4. The first kappa shape index (κ1) is 82.0. The molecule has 0 aliphatic carbocycles. The van der Waals surface area contributed by atoms with Gasteiger partial charge in [0.2, 0.25) is 0 Å². The number of hydrogen-bond donors (Lipinski definition) is 3. The van der Waals surface area contributed by atoms with Crippen LogP contribution in [0.1, 0.15) is 176 Å². The number of ether oxygens (including phenoxy) is 4. The highest BCUT2D eigenvalue weighted by Gasteiger charge is 2.22. The Labute approximate surface area is 519 Å². The molecule has 476 valence electrons. The molecular formula is C70H109ClO12Si2. The molecule has 0 aliphatic heterocycles. The molecule has 0 saturated heterocycles. The predicted molar refractivity (Wildman–Crippen MR) is 362 cm³/mol. The summed E-state index contributed by atoms with van der Waals surface area (Å²) in [7, 11) is -2.33. The quantitative estimate of drug-likeness (QED) is 0.0108. The van der Waals surface area contributed by atoms with Crippen LogP contribution in [-0.2, 0) is 25.6 Å². The molecule has 85 heavy (non-hydrogen) atoms. The average Bonchev–Trinajstić information content (AvgIpc) is 3.01. The summed E-state index contributed by atoms with van der Waals surface area (Å²) < 4.78 is 23.4. The van der Waals surface area contributed by atoms with Crippen LogP contribution in [-0.4, -0.2) is 96.6 Å². The van der Waals surface area contributed by atoms with E-state index >= 15 is 0 Å². The topological polar surface area (TPSA) is 212 Å². The van der Waals surface area contributed by atoms with E-state index < -0.39 is 38.9 Å². The molecule has 0 aliphatic rings. The first-order valence-electron chi connectivity index (χ1n) is 29.8. The zero-order chi connectivity index (χ0) is 62.7. The fraction of sp³-hybridized carbons (Fsp3) is 0.500. The maximum absolute atomic E-state index is 12.9. The number of carboxylic acids is 1. The van der Waals surface area contributed by atoms with Crippen molar-refractivity contribution in [2.75, 3.05) is 13.2 Å². The Morgan fingerprint density at radius 3 is 1.40 bits per heavy atom. The maximum atomic E-state index is 12.9. The third kappa shape index (κ3) is 41.6. The third-order valence-corrected chi connectivity index (χ3v) is 16.2. The number of aromatic carboxylic acids is 1. The highest BCUT2D eigenvalue weighted by Crippen LogP contribution is 2.25. The normalized spacial score (nSPS) is 12.5. The second kappa shape index (κ2) is 43.5. The molecule has 12 nitrogen and oxygen atoms in total. The van der Waals surface area contributed by atoms with E-state index in [0.717, 1.165) is 93.5 Å². The van der Waals surface area contributed by atoms with Crippen molar-refractivity contribution < 1.29 is 59.6 Å². The van der Waals surface area contributed by atoms with Crippen LogP contribution in [0.5, 0.6) is 0 Å². The Balaban J connectivity index is 0. The summed E-state index contributed by atoms with van der Waals surface area (Å²) in [6.07, 6.45) is 26.6. The van der Waals surface area contributed by atoms with Crippen LogP contribution < -0.4 is 0 Å². The lowest BCUT2D eigenvalue weighted by atomic mass is 9.98. The molecular weight excluding hydrogens is 1120 g/mol. The van der Waals surface area contributed by atoms with Gasteiger partial charge in [0.25, 0.3) is 5.24 Å². The van der Waals surface area contributed by atoms with Gasteiger partial charge in [0.05, 0.1) is 36.5 Å². The molecule has 4 aromatic carbocycles. The van der Waals surface area contributed by atoms with Gasteiger partial charge in [-0.15, -0.1) is 0 Å². The van der Waals surface area contributed by atoms with Crippen molar-refractivity contribution in [1.29, 1.82) is 0 Å². The van der Waals surface area contributed by atoms with E-state index in [0.29, 0.717) is 29.9 Å². The zero-order valence-electron chi connectivity index (χ0n) is 54.5. The summed E-state index contributed by atoms with van der Waals surface area (Å²) in [5.41, 5.74) is 9.59. The molecule has 4 rings (SSSR count). The van der Waals surface area contributed by atoms with E-state index in [4.69, 9.17) is 35.7 Å². The maximum Gasteiger partial charge on any atom is 0.338 e. The lowest BCUT2D eigenvalue weighted by molar-refractivity contribution is -0.206. The number of rotatable bonds is 31. The van der Waals surface area contributed by atoms with Gasteiger partial charge in [-0.25, -0.2) is 9.59 Å². The molecule has 0 unspecified atom stereocenters. The van der Waals surface area contributed by atoms with Gasteiger partial charge in [0.1, 0.15) is 0 Å².